The first-order chi connectivity index (χ1) is 10.5. The Bertz CT molecular complexity index is 744. The molecule has 1 aliphatic rings. The Morgan fingerprint density at radius 1 is 1.23 bits per heavy atom. The van der Waals surface area contributed by atoms with Gasteiger partial charge in [0.25, 0.3) is 5.92 Å². The van der Waals surface area contributed by atoms with Crippen LogP contribution in [0, 0.1) is 18.3 Å². The summed E-state index contributed by atoms with van der Waals surface area (Å²) >= 11 is 0. The highest BCUT2D eigenvalue weighted by molar-refractivity contribution is 5.67. The van der Waals surface area contributed by atoms with E-state index in [0.717, 1.165) is 11.3 Å². The average molecular weight is 300 g/mol. The van der Waals surface area contributed by atoms with Gasteiger partial charge in [-0.1, -0.05) is 18.2 Å². The fourth-order valence-corrected chi connectivity index (χ4v) is 2.33. The molecule has 3 rings (SSSR count). The Hall–Kier alpha value is -2.68. The summed E-state index contributed by atoms with van der Waals surface area (Å²) in [5.41, 5.74) is 2.21. The van der Waals surface area contributed by atoms with Crippen molar-refractivity contribution in [3.63, 3.8) is 0 Å². The molecule has 22 heavy (non-hydrogen) atoms. The van der Waals surface area contributed by atoms with Crippen LogP contribution in [0.2, 0.25) is 0 Å². The monoisotopic (exact) mass is 300 g/mol. The standard InChI is InChI=1S/C16H14F2N4/c1-11-4-2-3-5-13(11)20-15-12(8-19)6-7-14(21-15)22-9-16(17,18)10-22/h2-7H,9-10H2,1H3,(H,20,21). The Balaban J connectivity index is 1.89. The minimum absolute atomic E-state index is 0.338. The summed E-state index contributed by atoms with van der Waals surface area (Å²) in [6.45, 7) is 1.26. The molecule has 1 aromatic heterocycles. The molecule has 6 heteroatoms. The zero-order chi connectivity index (χ0) is 15.7. The van der Waals surface area contributed by atoms with E-state index < -0.39 is 5.92 Å². The summed E-state index contributed by atoms with van der Waals surface area (Å²) in [5, 5.41) is 12.3. The number of hydrogen-bond acceptors (Lipinski definition) is 4. The molecule has 0 radical (unpaired) electrons. The molecule has 2 aromatic rings. The van der Waals surface area contributed by atoms with Crippen LogP contribution in [0.4, 0.5) is 26.1 Å². The molecule has 0 bridgehead atoms. The number of nitrogens with zero attached hydrogens (tertiary/aromatic N) is 3. The highest BCUT2D eigenvalue weighted by Crippen LogP contribution is 2.32. The van der Waals surface area contributed by atoms with Crippen molar-refractivity contribution in [1.82, 2.24) is 4.98 Å². The summed E-state index contributed by atoms with van der Waals surface area (Å²) in [4.78, 5) is 5.82. The van der Waals surface area contributed by atoms with Gasteiger partial charge in [0.15, 0.2) is 5.82 Å². The summed E-state index contributed by atoms with van der Waals surface area (Å²) in [7, 11) is 0. The Kier molecular flexibility index (Phi) is 3.41. The number of halogens is 2. The van der Waals surface area contributed by atoms with Gasteiger partial charge in [-0.3, -0.25) is 0 Å². The predicted molar refractivity (Wildman–Crippen MR) is 80.6 cm³/mol. The van der Waals surface area contributed by atoms with Gasteiger partial charge in [-0.15, -0.1) is 0 Å². The molecule has 0 atom stereocenters. The average Bonchev–Trinajstić information content (AvgIpc) is 2.47. The summed E-state index contributed by atoms with van der Waals surface area (Å²) in [6, 6.07) is 12.9. The maximum atomic E-state index is 13.0. The molecule has 1 N–H and O–H groups in total. The van der Waals surface area contributed by atoms with E-state index in [4.69, 9.17) is 0 Å². The lowest BCUT2D eigenvalue weighted by Crippen LogP contribution is -2.56. The summed E-state index contributed by atoms with van der Waals surface area (Å²) in [6.07, 6.45) is 0. The fraction of sp³-hybridized carbons (Fsp3) is 0.250. The van der Waals surface area contributed by atoms with E-state index in [1.54, 1.807) is 12.1 Å². The minimum atomic E-state index is -2.65. The number of nitrogens with one attached hydrogen (secondary N) is 1. The van der Waals surface area contributed by atoms with Crippen LogP contribution in [0.15, 0.2) is 36.4 Å². The maximum absolute atomic E-state index is 13.0. The van der Waals surface area contributed by atoms with E-state index in [2.05, 4.69) is 16.4 Å². The SMILES string of the molecule is Cc1ccccc1Nc1nc(N2CC(F)(F)C2)ccc1C#N. The van der Waals surface area contributed by atoms with Crippen molar-refractivity contribution in [2.24, 2.45) is 0 Å². The smallest absolute Gasteiger partial charge is 0.282 e. The molecule has 112 valence electrons. The van der Waals surface area contributed by atoms with Gasteiger partial charge < -0.3 is 10.2 Å². The number of alkyl halides is 2. The second-order valence-electron chi connectivity index (χ2n) is 5.33. The third-order valence-electron chi connectivity index (χ3n) is 3.57. The number of nitriles is 1. The van der Waals surface area contributed by atoms with Crippen LogP contribution in [-0.4, -0.2) is 24.0 Å². The minimum Gasteiger partial charge on any atom is -0.344 e. The number of aromatic nitrogens is 1. The fourth-order valence-electron chi connectivity index (χ4n) is 2.33. The van der Waals surface area contributed by atoms with Gasteiger partial charge in [0.2, 0.25) is 0 Å². The van der Waals surface area contributed by atoms with Crippen LogP contribution in [0.1, 0.15) is 11.1 Å². The van der Waals surface area contributed by atoms with Crippen LogP contribution in [0.5, 0.6) is 0 Å². The molecule has 0 aliphatic carbocycles. The number of anilines is 3. The Labute approximate surface area is 127 Å². The molecule has 2 heterocycles. The maximum Gasteiger partial charge on any atom is 0.282 e. The Morgan fingerprint density at radius 2 is 1.95 bits per heavy atom. The lowest BCUT2D eigenvalue weighted by Gasteiger charge is -2.39. The van der Waals surface area contributed by atoms with E-state index in [9.17, 15) is 14.0 Å². The van der Waals surface area contributed by atoms with E-state index in [1.165, 1.54) is 4.90 Å². The van der Waals surface area contributed by atoms with Gasteiger partial charge in [-0.2, -0.15) is 5.26 Å². The van der Waals surface area contributed by atoms with E-state index in [1.807, 2.05) is 31.2 Å². The molecular formula is C16H14F2N4. The second kappa shape index (κ2) is 5.26. The zero-order valence-electron chi connectivity index (χ0n) is 12.0. The normalized spacial score (nSPS) is 15.8. The first-order valence-electron chi connectivity index (χ1n) is 6.85. The van der Waals surface area contributed by atoms with Gasteiger partial charge in [-0.25, -0.2) is 13.8 Å². The lowest BCUT2D eigenvalue weighted by molar-refractivity contribution is -0.0266. The van der Waals surface area contributed by atoms with Gasteiger partial charge in [-0.05, 0) is 30.7 Å². The van der Waals surface area contributed by atoms with Crippen molar-refractivity contribution in [3.8, 4) is 6.07 Å². The number of pyridine rings is 1. The molecule has 0 saturated carbocycles. The van der Waals surface area contributed by atoms with Crippen molar-refractivity contribution < 1.29 is 8.78 Å². The van der Waals surface area contributed by atoms with Gasteiger partial charge in [0.05, 0.1) is 18.7 Å². The number of aryl methyl sites for hydroxylation is 1. The van der Waals surface area contributed by atoms with Crippen LogP contribution in [-0.2, 0) is 0 Å². The molecule has 1 aromatic carbocycles. The van der Waals surface area contributed by atoms with Crippen molar-refractivity contribution in [2.75, 3.05) is 23.3 Å². The highest BCUT2D eigenvalue weighted by Gasteiger charge is 2.44. The second-order valence-corrected chi connectivity index (χ2v) is 5.33. The first kappa shape index (κ1) is 14.3. The van der Waals surface area contributed by atoms with E-state index >= 15 is 0 Å². The largest absolute Gasteiger partial charge is 0.344 e. The molecular weight excluding hydrogens is 286 g/mol. The number of hydrogen-bond donors (Lipinski definition) is 1. The summed E-state index contributed by atoms with van der Waals surface area (Å²) < 4.78 is 26.0. The molecule has 1 aliphatic heterocycles. The molecule has 1 saturated heterocycles. The van der Waals surface area contributed by atoms with Gasteiger partial charge in [0, 0.05) is 5.69 Å². The molecule has 4 nitrogen and oxygen atoms in total. The quantitative estimate of drug-likeness (QED) is 0.943. The van der Waals surface area contributed by atoms with Crippen LogP contribution in [0.3, 0.4) is 0 Å². The van der Waals surface area contributed by atoms with Gasteiger partial charge >= 0.3 is 0 Å². The summed E-state index contributed by atoms with van der Waals surface area (Å²) in [5.74, 6) is -1.83. The number of para-hydroxylation sites is 1. The highest BCUT2D eigenvalue weighted by atomic mass is 19.3. The predicted octanol–water partition coefficient (Wildman–Crippen LogP) is 3.46. The zero-order valence-corrected chi connectivity index (χ0v) is 12.0. The third kappa shape index (κ3) is 2.70. The van der Waals surface area contributed by atoms with Gasteiger partial charge in [0.1, 0.15) is 11.9 Å². The number of rotatable bonds is 3. The van der Waals surface area contributed by atoms with E-state index in [0.29, 0.717) is 17.2 Å². The molecule has 0 amide bonds. The van der Waals surface area contributed by atoms with Crippen molar-refractivity contribution >= 4 is 17.3 Å². The van der Waals surface area contributed by atoms with Crippen molar-refractivity contribution in [3.05, 3.63) is 47.5 Å². The van der Waals surface area contributed by atoms with Crippen molar-refractivity contribution in [1.29, 1.82) is 5.26 Å². The molecule has 1 fully saturated rings. The topological polar surface area (TPSA) is 52.0 Å². The first-order valence-corrected chi connectivity index (χ1v) is 6.85. The van der Waals surface area contributed by atoms with Crippen LogP contribution in [0.25, 0.3) is 0 Å². The third-order valence-corrected chi connectivity index (χ3v) is 3.57. The van der Waals surface area contributed by atoms with E-state index in [-0.39, 0.29) is 13.1 Å². The molecule has 0 spiro atoms. The molecule has 0 unspecified atom stereocenters. The number of benzene rings is 1. The Morgan fingerprint density at radius 3 is 2.59 bits per heavy atom. The van der Waals surface area contributed by atoms with Crippen LogP contribution < -0.4 is 10.2 Å². The van der Waals surface area contributed by atoms with Crippen molar-refractivity contribution in [2.45, 2.75) is 12.8 Å². The van der Waals surface area contributed by atoms with Crippen LogP contribution >= 0.6 is 0 Å². The lowest BCUT2D eigenvalue weighted by atomic mass is 10.1.